The average Bonchev–Trinajstić information content (AvgIpc) is 3.14. The fourth-order valence-corrected chi connectivity index (χ4v) is 4.19. The molecular formula is C23H27N7O3. The van der Waals surface area contributed by atoms with E-state index in [1.165, 1.54) is 17.3 Å². The molecule has 172 valence electrons. The molecule has 4 N–H and O–H groups in total. The average molecular weight is 450 g/mol. The fraction of sp³-hybridized carbons (Fsp3) is 0.348. The Bertz CT molecular complexity index is 1060. The van der Waals surface area contributed by atoms with Gasteiger partial charge in [0.1, 0.15) is 17.3 Å². The van der Waals surface area contributed by atoms with E-state index >= 15 is 0 Å². The van der Waals surface area contributed by atoms with Crippen molar-refractivity contribution in [2.24, 2.45) is 5.41 Å². The number of ether oxygens (including phenoxy) is 1. The number of aromatic nitrogens is 2. The van der Waals surface area contributed by atoms with E-state index in [0.717, 1.165) is 25.9 Å². The van der Waals surface area contributed by atoms with Crippen LogP contribution in [-0.4, -0.2) is 59.7 Å². The van der Waals surface area contributed by atoms with Crippen LogP contribution in [0.1, 0.15) is 25.0 Å². The van der Waals surface area contributed by atoms with Gasteiger partial charge in [0.25, 0.3) is 0 Å². The maximum absolute atomic E-state index is 12.9. The Morgan fingerprint density at radius 1 is 1.21 bits per heavy atom. The summed E-state index contributed by atoms with van der Waals surface area (Å²) in [5.41, 5.74) is 0.800. The smallest absolute Gasteiger partial charge is 0.329 e. The quantitative estimate of drug-likeness (QED) is 0.498. The lowest BCUT2D eigenvalue weighted by atomic mass is 9.78. The highest BCUT2D eigenvalue weighted by atomic mass is 16.5. The lowest BCUT2D eigenvalue weighted by Gasteiger charge is -2.31. The molecular weight excluding hydrogens is 422 g/mol. The summed E-state index contributed by atoms with van der Waals surface area (Å²) in [6.07, 6.45) is 8.22. The SMILES string of the molecule is CN/C=C(\C=N)c1cc(Oc2ccc(NC(=O)N3CCC4(CCNCC4)C3=O)nc2)ccn1. The van der Waals surface area contributed by atoms with Crippen molar-refractivity contribution in [1.82, 2.24) is 25.5 Å². The number of urea groups is 1. The van der Waals surface area contributed by atoms with Crippen molar-refractivity contribution < 1.29 is 14.3 Å². The number of carbonyl (C=O) groups is 2. The molecule has 33 heavy (non-hydrogen) atoms. The van der Waals surface area contributed by atoms with Crippen LogP contribution in [0.15, 0.2) is 42.9 Å². The zero-order valence-electron chi connectivity index (χ0n) is 18.4. The summed E-state index contributed by atoms with van der Waals surface area (Å²) in [5, 5.41) is 16.4. The van der Waals surface area contributed by atoms with Gasteiger partial charge >= 0.3 is 6.03 Å². The first-order valence-electron chi connectivity index (χ1n) is 10.9. The first-order chi connectivity index (χ1) is 16.0. The van der Waals surface area contributed by atoms with Gasteiger partial charge in [-0.05, 0) is 50.6 Å². The second kappa shape index (κ2) is 9.78. The van der Waals surface area contributed by atoms with Gasteiger partial charge in [-0.25, -0.2) is 9.78 Å². The number of rotatable bonds is 6. The summed E-state index contributed by atoms with van der Waals surface area (Å²) in [5.74, 6) is 1.26. The fourth-order valence-electron chi connectivity index (χ4n) is 4.19. The molecule has 10 heteroatoms. The van der Waals surface area contributed by atoms with Crippen LogP contribution in [0.3, 0.4) is 0 Å². The monoisotopic (exact) mass is 449 g/mol. The Kier molecular flexibility index (Phi) is 6.64. The third kappa shape index (κ3) is 4.85. The predicted molar refractivity (Wildman–Crippen MR) is 124 cm³/mol. The highest BCUT2D eigenvalue weighted by molar-refractivity contribution is 6.07. The normalized spacial score (nSPS) is 17.7. The number of imide groups is 1. The van der Waals surface area contributed by atoms with E-state index in [9.17, 15) is 9.59 Å². The number of piperidine rings is 1. The summed E-state index contributed by atoms with van der Waals surface area (Å²) in [6, 6.07) is 6.28. The van der Waals surface area contributed by atoms with Gasteiger partial charge in [-0.2, -0.15) is 0 Å². The number of hydrogen-bond donors (Lipinski definition) is 4. The molecule has 10 nitrogen and oxygen atoms in total. The molecule has 0 aliphatic carbocycles. The summed E-state index contributed by atoms with van der Waals surface area (Å²) >= 11 is 0. The van der Waals surface area contributed by atoms with E-state index in [0.29, 0.717) is 41.5 Å². The third-order valence-electron chi connectivity index (χ3n) is 6.01. The molecule has 2 aromatic heterocycles. The third-order valence-corrected chi connectivity index (χ3v) is 6.01. The number of nitrogens with zero attached hydrogens (tertiary/aromatic N) is 3. The molecule has 0 radical (unpaired) electrons. The number of anilines is 1. The molecule has 4 rings (SSSR count). The molecule has 0 unspecified atom stereocenters. The number of carbonyl (C=O) groups excluding carboxylic acids is 2. The van der Waals surface area contributed by atoms with Crippen LogP contribution < -0.4 is 20.7 Å². The molecule has 2 saturated heterocycles. The lowest BCUT2D eigenvalue weighted by Crippen LogP contribution is -2.45. The van der Waals surface area contributed by atoms with Gasteiger partial charge in [0.15, 0.2) is 0 Å². The molecule has 0 aromatic carbocycles. The number of allylic oxidation sites excluding steroid dienone is 1. The second-order valence-electron chi connectivity index (χ2n) is 8.06. The second-order valence-corrected chi connectivity index (χ2v) is 8.06. The zero-order valence-corrected chi connectivity index (χ0v) is 18.4. The Morgan fingerprint density at radius 3 is 2.73 bits per heavy atom. The number of amides is 3. The molecule has 2 fully saturated rings. The molecule has 2 aromatic rings. The molecule has 0 bridgehead atoms. The van der Waals surface area contributed by atoms with E-state index in [1.54, 1.807) is 43.7 Å². The Morgan fingerprint density at radius 2 is 2.03 bits per heavy atom. The van der Waals surface area contributed by atoms with Crippen molar-refractivity contribution in [3.63, 3.8) is 0 Å². The summed E-state index contributed by atoms with van der Waals surface area (Å²) in [4.78, 5) is 35.4. The molecule has 3 amide bonds. The minimum absolute atomic E-state index is 0.0911. The highest BCUT2D eigenvalue weighted by Crippen LogP contribution is 2.40. The van der Waals surface area contributed by atoms with Crippen LogP contribution in [0.2, 0.25) is 0 Å². The summed E-state index contributed by atoms with van der Waals surface area (Å²) in [7, 11) is 1.75. The molecule has 2 aliphatic rings. The van der Waals surface area contributed by atoms with Gasteiger partial charge in [-0.1, -0.05) is 0 Å². The Balaban J connectivity index is 1.38. The molecule has 1 spiro atoms. The standard InChI is InChI=1S/C23H27N7O3/c1-25-14-16(13-24)19-12-17(4-8-27-19)33-18-2-3-20(28-15-18)29-22(32)30-11-7-23(21(30)31)5-9-26-10-6-23/h2-4,8,12-15,24-26H,5-7,9-11H2,1H3,(H,28,29,32)/b16-14+,24-13?. The highest BCUT2D eigenvalue weighted by Gasteiger charge is 2.48. The lowest BCUT2D eigenvalue weighted by molar-refractivity contribution is -0.134. The maximum Gasteiger partial charge on any atom is 0.329 e. The van der Waals surface area contributed by atoms with Crippen molar-refractivity contribution in [2.45, 2.75) is 19.3 Å². The number of likely N-dealkylation sites (tertiary alicyclic amines) is 1. The van der Waals surface area contributed by atoms with E-state index in [-0.39, 0.29) is 5.91 Å². The van der Waals surface area contributed by atoms with Crippen molar-refractivity contribution in [3.05, 3.63) is 48.6 Å². The van der Waals surface area contributed by atoms with Crippen LogP contribution in [0.25, 0.3) is 5.57 Å². The van der Waals surface area contributed by atoms with E-state index in [4.69, 9.17) is 10.1 Å². The van der Waals surface area contributed by atoms with Crippen molar-refractivity contribution in [2.75, 3.05) is 32.0 Å². The minimum atomic E-state index is -0.453. The van der Waals surface area contributed by atoms with Crippen molar-refractivity contribution in [3.8, 4) is 11.5 Å². The topological polar surface area (TPSA) is 132 Å². The first-order valence-corrected chi connectivity index (χ1v) is 10.9. The number of hydrogen-bond acceptors (Lipinski definition) is 8. The van der Waals surface area contributed by atoms with Crippen LogP contribution in [0.5, 0.6) is 11.5 Å². The van der Waals surface area contributed by atoms with Gasteiger partial charge in [0.05, 0.1) is 17.3 Å². The van der Waals surface area contributed by atoms with Gasteiger partial charge in [0.2, 0.25) is 5.91 Å². The van der Waals surface area contributed by atoms with E-state index in [2.05, 4.69) is 25.9 Å². The summed E-state index contributed by atoms with van der Waals surface area (Å²) in [6.45, 7) is 2.03. The zero-order chi connectivity index (χ0) is 23.3. The van der Waals surface area contributed by atoms with Gasteiger partial charge < -0.3 is 20.8 Å². The molecule has 2 aliphatic heterocycles. The molecule has 0 atom stereocenters. The molecule has 4 heterocycles. The number of pyridine rings is 2. The summed E-state index contributed by atoms with van der Waals surface area (Å²) < 4.78 is 5.84. The van der Waals surface area contributed by atoms with E-state index < -0.39 is 11.4 Å². The van der Waals surface area contributed by atoms with Gasteiger partial charge in [0, 0.05) is 43.8 Å². The maximum atomic E-state index is 12.9. The minimum Gasteiger partial charge on any atom is -0.456 e. The van der Waals surface area contributed by atoms with Crippen molar-refractivity contribution in [1.29, 1.82) is 5.41 Å². The molecule has 0 saturated carbocycles. The van der Waals surface area contributed by atoms with Crippen LogP contribution in [-0.2, 0) is 4.79 Å². The predicted octanol–water partition coefficient (Wildman–Crippen LogP) is 2.61. The largest absolute Gasteiger partial charge is 0.456 e. The van der Waals surface area contributed by atoms with Crippen molar-refractivity contribution >= 4 is 29.5 Å². The van der Waals surface area contributed by atoms with Crippen LogP contribution in [0.4, 0.5) is 10.6 Å². The first kappa shape index (κ1) is 22.4. The Labute approximate surface area is 192 Å². The number of nitrogens with one attached hydrogen (secondary N) is 4. The van der Waals surface area contributed by atoms with Crippen LogP contribution >= 0.6 is 0 Å². The Hall–Kier alpha value is -3.79. The van der Waals surface area contributed by atoms with Gasteiger partial charge in [-0.3, -0.25) is 20.0 Å². The van der Waals surface area contributed by atoms with Crippen LogP contribution in [0, 0.1) is 10.8 Å². The van der Waals surface area contributed by atoms with Gasteiger partial charge in [-0.15, -0.1) is 0 Å². The van der Waals surface area contributed by atoms with E-state index in [1.807, 2.05) is 0 Å².